The van der Waals surface area contributed by atoms with Crippen LogP contribution in [0.3, 0.4) is 0 Å². The third-order valence-electron chi connectivity index (χ3n) is 3.11. The molecule has 0 spiro atoms. The summed E-state index contributed by atoms with van der Waals surface area (Å²) in [5.74, 6) is 0. The summed E-state index contributed by atoms with van der Waals surface area (Å²) in [6.45, 7) is 8.23. The van der Waals surface area contributed by atoms with Crippen LogP contribution in [0.4, 0.5) is 0 Å². The molecule has 0 heterocycles. The maximum absolute atomic E-state index is 5.60. The van der Waals surface area contributed by atoms with Crippen LogP contribution in [0, 0.1) is 0 Å². The summed E-state index contributed by atoms with van der Waals surface area (Å²) in [7, 11) is 0. The van der Waals surface area contributed by atoms with E-state index in [2.05, 4.69) is 13.8 Å². The maximum Gasteiger partial charge on any atom is 0.0466 e. The summed E-state index contributed by atoms with van der Waals surface area (Å²) in [4.78, 5) is 0. The number of unbranched alkanes of at least 4 members (excludes halogenated alkanes) is 7. The number of hydrogen-bond donors (Lipinski definition) is 0. The van der Waals surface area contributed by atoms with Crippen LogP contribution in [0.25, 0.3) is 0 Å². The number of ether oxygens (including phenoxy) is 2. The van der Waals surface area contributed by atoms with Crippen LogP contribution in [0.2, 0.25) is 0 Å². The van der Waals surface area contributed by atoms with Crippen LogP contribution in [-0.4, -0.2) is 26.4 Å². The zero-order valence-electron chi connectivity index (χ0n) is 12.7. The van der Waals surface area contributed by atoms with Crippen LogP contribution in [0.1, 0.15) is 78.1 Å². The van der Waals surface area contributed by atoms with E-state index in [0.29, 0.717) is 0 Å². The average Bonchev–Trinajstić information content (AvgIpc) is 2.39. The van der Waals surface area contributed by atoms with E-state index in [4.69, 9.17) is 9.47 Å². The number of hydrogen-bond acceptors (Lipinski definition) is 2. The molecule has 0 radical (unpaired) electrons. The highest BCUT2D eigenvalue weighted by molar-refractivity contribution is 4.43. The third kappa shape index (κ3) is 15.9. The minimum atomic E-state index is 0.931. The van der Waals surface area contributed by atoms with Gasteiger partial charge in [0, 0.05) is 26.4 Å². The van der Waals surface area contributed by atoms with Crippen molar-refractivity contribution < 1.29 is 9.47 Å². The lowest BCUT2D eigenvalue weighted by Gasteiger charge is -2.05. The molecule has 0 fully saturated rings. The van der Waals surface area contributed by atoms with Crippen LogP contribution in [-0.2, 0) is 9.47 Å². The molecule has 0 N–H and O–H groups in total. The first-order valence-corrected chi connectivity index (χ1v) is 8.07. The second-order valence-corrected chi connectivity index (χ2v) is 5.05. The van der Waals surface area contributed by atoms with Gasteiger partial charge in [0.2, 0.25) is 0 Å². The minimum absolute atomic E-state index is 0.931. The second-order valence-electron chi connectivity index (χ2n) is 5.05. The Morgan fingerprint density at radius 3 is 1.22 bits per heavy atom. The van der Waals surface area contributed by atoms with Gasteiger partial charge >= 0.3 is 0 Å². The fourth-order valence-electron chi connectivity index (χ4n) is 1.87. The van der Waals surface area contributed by atoms with Crippen molar-refractivity contribution in [2.24, 2.45) is 0 Å². The maximum atomic E-state index is 5.60. The van der Waals surface area contributed by atoms with Gasteiger partial charge in [-0.2, -0.15) is 0 Å². The van der Waals surface area contributed by atoms with Gasteiger partial charge in [-0.05, 0) is 32.1 Å². The van der Waals surface area contributed by atoms with E-state index in [0.717, 1.165) is 26.4 Å². The van der Waals surface area contributed by atoms with Gasteiger partial charge in [-0.25, -0.2) is 0 Å². The largest absolute Gasteiger partial charge is 0.381 e. The van der Waals surface area contributed by atoms with E-state index in [9.17, 15) is 0 Å². The Kier molecular flexibility index (Phi) is 16.8. The van der Waals surface area contributed by atoms with E-state index in [-0.39, 0.29) is 0 Å². The highest BCUT2D eigenvalue weighted by Crippen LogP contribution is 2.01. The van der Waals surface area contributed by atoms with Crippen molar-refractivity contribution in [2.75, 3.05) is 26.4 Å². The Morgan fingerprint density at radius 2 is 0.778 bits per heavy atom. The molecule has 0 amide bonds. The molecular formula is C16H34O2. The van der Waals surface area contributed by atoms with Crippen molar-refractivity contribution in [3.8, 4) is 0 Å². The summed E-state index contributed by atoms with van der Waals surface area (Å²) in [6.07, 6.45) is 12.6. The number of rotatable bonds is 15. The monoisotopic (exact) mass is 258 g/mol. The average molecular weight is 258 g/mol. The minimum Gasteiger partial charge on any atom is -0.381 e. The van der Waals surface area contributed by atoms with Gasteiger partial charge in [-0.15, -0.1) is 0 Å². The fourth-order valence-corrected chi connectivity index (χ4v) is 1.87. The third-order valence-corrected chi connectivity index (χ3v) is 3.11. The van der Waals surface area contributed by atoms with Crippen LogP contribution in [0.15, 0.2) is 0 Å². The Labute approximate surface area is 114 Å². The van der Waals surface area contributed by atoms with Gasteiger partial charge < -0.3 is 9.47 Å². The van der Waals surface area contributed by atoms with Gasteiger partial charge in [0.05, 0.1) is 0 Å². The molecule has 110 valence electrons. The zero-order valence-corrected chi connectivity index (χ0v) is 12.7. The van der Waals surface area contributed by atoms with E-state index in [1.54, 1.807) is 0 Å². The Morgan fingerprint density at radius 1 is 0.444 bits per heavy atom. The second kappa shape index (κ2) is 16.9. The molecule has 0 rings (SSSR count). The van der Waals surface area contributed by atoms with Gasteiger partial charge in [-0.3, -0.25) is 0 Å². The lowest BCUT2D eigenvalue weighted by Crippen LogP contribution is -2.00. The van der Waals surface area contributed by atoms with Crippen molar-refractivity contribution in [3.05, 3.63) is 0 Å². The highest BCUT2D eigenvalue weighted by Gasteiger charge is 1.93. The first-order chi connectivity index (χ1) is 8.91. The van der Waals surface area contributed by atoms with Crippen molar-refractivity contribution in [1.82, 2.24) is 0 Å². The smallest absolute Gasteiger partial charge is 0.0466 e. The summed E-state index contributed by atoms with van der Waals surface area (Å²) < 4.78 is 11.2. The zero-order chi connectivity index (χ0) is 13.3. The Balaban J connectivity index is 2.86. The van der Waals surface area contributed by atoms with Gasteiger partial charge in [0.15, 0.2) is 0 Å². The normalized spacial score (nSPS) is 11.0. The van der Waals surface area contributed by atoms with E-state index >= 15 is 0 Å². The molecule has 18 heavy (non-hydrogen) atoms. The first kappa shape index (κ1) is 17.9. The van der Waals surface area contributed by atoms with Crippen molar-refractivity contribution in [2.45, 2.75) is 78.1 Å². The fraction of sp³-hybridized carbons (Fsp3) is 1.00. The summed E-state index contributed by atoms with van der Waals surface area (Å²) in [6, 6.07) is 0. The van der Waals surface area contributed by atoms with Gasteiger partial charge in [-0.1, -0.05) is 46.0 Å². The predicted molar refractivity (Wildman–Crippen MR) is 79.2 cm³/mol. The van der Waals surface area contributed by atoms with Crippen molar-refractivity contribution >= 4 is 0 Å². The lowest BCUT2D eigenvalue weighted by atomic mass is 10.2. The molecule has 0 aromatic heterocycles. The quantitative estimate of drug-likeness (QED) is 0.386. The molecule has 0 aromatic rings. The van der Waals surface area contributed by atoms with Crippen molar-refractivity contribution in [3.63, 3.8) is 0 Å². The summed E-state index contributed by atoms with van der Waals surface area (Å²) >= 11 is 0. The van der Waals surface area contributed by atoms with Gasteiger partial charge in [0.1, 0.15) is 0 Å². The summed E-state index contributed by atoms with van der Waals surface area (Å²) in [5, 5.41) is 0. The summed E-state index contributed by atoms with van der Waals surface area (Å²) in [5.41, 5.74) is 0. The Bertz CT molecular complexity index is 121. The molecule has 0 aromatic carbocycles. The first-order valence-electron chi connectivity index (χ1n) is 8.07. The topological polar surface area (TPSA) is 18.5 Å². The van der Waals surface area contributed by atoms with Crippen molar-refractivity contribution in [1.29, 1.82) is 0 Å². The Hall–Kier alpha value is -0.0800. The molecule has 0 bridgehead atoms. The molecule has 0 aliphatic rings. The molecule has 2 heteroatoms. The highest BCUT2D eigenvalue weighted by atomic mass is 16.5. The molecule has 2 nitrogen and oxygen atoms in total. The van der Waals surface area contributed by atoms with Crippen LogP contribution < -0.4 is 0 Å². The molecule has 0 aliphatic carbocycles. The van der Waals surface area contributed by atoms with Crippen LogP contribution in [0.5, 0.6) is 0 Å². The SMILES string of the molecule is CCCCCCOCCCCCOCCCCC. The van der Waals surface area contributed by atoms with E-state index < -0.39 is 0 Å². The van der Waals surface area contributed by atoms with Gasteiger partial charge in [0.25, 0.3) is 0 Å². The standard InChI is InChI=1S/C16H34O2/c1-3-5-7-10-14-18-16-12-8-11-15-17-13-9-6-4-2/h3-16H2,1-2H3. The molecule has 0 aliphatic heterocycles. The molecule has 0 saturated heterocycles. The molecule has 0 atom stereocenters. The molecule has 0 saturated carbocycles. The molecule has 0 unspecified atom stereocenters. The van der Waals surface area contributed by atoms with Crippen LogP contribution >= 0.6 is 0 Å². The lowest BCUT2D eigenvalue weighted by molar-refractivity contribution is 0.111. The van der Waals surface area contributed by atoms with E-state index in [1.807, 2.05) is 0 Å². The molecular weight excluding hydrogens is 224 g/mol. The predicted octanol–water partition coefficient (Wildman–Crippen LogP) is 4.96. The van der Waals surface area contributed by atoms with E-state index in [1.165, 1.54) is 64.2 Å².